The van der Waals surface area contributed by atoms with Gasteiger partial charge in [-0.15, -0.1) is 0 Å². The van der Waals surface area contributed by atoms with Crippen LogP contribution in [0.3, 0.4) is 0 Å². The SMILES string of the molecule is C=C(CCc1ccccc1)NC(C)(C)C. The van der Waals surface area contributed by atoms with Gasteiger partial charge in [-0.1, -0.05) is 36.9 Å². The minimum atomic E-state index is 0.119. The zero-order valence-corrected chi connectivity index (χ0v) is 10.0. The van der Waals surface area contributed by atoms with E-state index in [1.165, 1.54) is 5.56 Å². The van der Waals surface area contributed by atoms with E-state index < -0.39 is 0 Å². The summed E-state index contributed by atoms with van der Waals surface area (Å²) in [5, 5.41) is 3.39. The maximum atomic E-state index is 4.04. The first kappa shape index (κ1) is 11.8. The van der Waals surface area contributed by atoms with E-state index in [1.54, 1.807) is 0 Å². The molecule has 1 nitrogen and oxygen atoms in total. The molecule has 0 aliphatic carbocycles. The van der Waals surface area contributed by atoms with Crippen LogP contribution in [0.4, 0.5) is 0 Å². The quantitative estimate of drug-likeness (QED) is 0.789. The molecule has 0 aliphatic heterocycles. The molecule has 0 saturated heterocycles. The summed E-state index contributed by atoms with van der Waals surface area (Å²) in [7, 11) is 0. The normalized spacial score (nSPS) is 11.1. The Labute approximate surface area is 93.2 Å². The minimum absolute atomic E-state index is 0.119. The minimum Gasteiger partial charge on any atom is -0.384 e. The van der Waals surface area contributed by atoms with Crippen LogP contribution in [0, 0.1) is 0 Å². The molecule has 0 bridgehead atoms. The lowest BCUT2D eigenvalue weighted by atomic mass is 10.1. The van der Waals surface area contributed by atoms with Crippen LogP contribution in [0.2, 0.25) is 0 Å². The van der Waals surface area contributed by atoms with E-state index in [4.69, 9.17) is 0 Å². The fourth-order valence-electron chi connectivity index (χ4n) is 1.53. The van der Waals surface area contributed by atoms with Crippen LogP contribution < -0.4 is 5.32 Å². The van der Waals surface area contributed by atoms with Crippen molar-refractivity contribution in [2.24, 2.45) is 0 Å². The Balaban J connectivity index is 2.35. The molecule has 0 atom stereocenters. The first-order valence-electron chi connectivity index (χ1n) is 5.47. The van der Waals surface area contributed by atoms with Crippen molar-refractivity contribution in [2.45, 2.75) is 39.2 Å². The Morgan fingerprint density at radius 1 is 1.20 bits per heavy atom. The van der Waals surface area contributed by atoms with Gasteiger partial charge in [0, 0.05) is 11.2 Å². The van der Waals surface area contributed by atoms with Gasteiger partial charge in [0.15, 0.2) is 0 Å². The zero-order chi connectivity index (χ0) is 11.3. The number of benzene rings is 1. The predicted octanol–water partition coefficient (Wildman–Crippen LogP) is 3.52. The van der Waals surface area contributed by atoms with Gasteiger partial charge in [-0.05, 0) is 39.2 Å². The summed E-state index contributed by atoms with van der Waals surface area (Å²) in [4.78, 5) is 0. The van der Waals surface area contributed by atoms with E-state index in [-0.39, 0.29) is 5.54 Å². The standard InChI is InChI=1S/C14H21N/c1-12(15-14(2,3)4)10-11-13-8-6-5-7-9-13/h5-9,15H,1,10-11H2,2-4H3. The Morgan fingerprint density at radius 3 is 2.33 bits per heavy atom. The van der Waals surface area contributed by atoms with Crippen molar-refractivity contribution in [1.29, 1.82) is 0 Å². The van der Waals surface area contributed by atoms with Gasteiger partial charge in [0.1, 0.15) is 0 Å². The predicted molar refractivity (Wildman–Crippen MR) is 66.8 cm³/mol. The van der Waals surface area contributed by atoms with E-state index in [0.29, 0.717) is 0 Å². The maximum absolute atomic E-state index is 4.04. The van der Waals surface area contributed by atoms with Gasteiger partial charge >= 0.3 is 0 Å². The topological polar surface area (TPSA) is 12.0 Å². The van der Waals surface area contributed by atoms with Crippen molar-refractivity contribution in [3.05, 3.63) is 48.2 Å². The molecular formula is C14H21N. The highest BCUT2D eigenvalue weighted by molar-refractivity contribution is 5.16. The van der Waals surface area contributed by atoms with Crippen LogP contribution in [-0.4, -0.2) is 5.54 Å². The van der Waals surface area contributed by atoms with Crippen LogP contribution in [0.25, 0.3) is 0 Å². The van der Waals surface area contributed by atoms with Crippen LogP contribution in [0.15, 0.2) is 42.6 Å². The van der Waals surface area contributed by atoms with Crippen LogP contribution >= 0.6 is 0 Å². The Kier molecular flexibility index (Phi) is 3.96. The van der Waals surface area contributed by atoms with Crippen molar-refractivity contribution in [3.63, 3.8) is 0 Å². The van der Waals surface area contributed by atoms with Crippen molar-refractivity contribution in [2.75, 3.05) is 0 Å². The van der Waals surface area contributed by atoms with Gasteiger partial charge in [0.25, 0.3) is 0 Å². The number of allylic oxidation sites excluding steroid dienone is 1. The largest absolute Gasteiger partial charge is 0.384 e. The molecule has 0 radical (unpaired) electrons. The first-order chi connectivity index (χ1) is 6.97. The van der Waals surface area contributed by atoms with Crippen LogP contribution in [0.1, 0.15) is 32.8 Å². The molecule has 1 rings (SSSR count). The van der Waals surface area contributed by atoms with E-state index in [0.717, 1.165) is 18.5 Å². The fourth-order valence-corrected chi connectivity index (χ4v) is 1.53. The molecule has 0 aromatic heterocycles. The monoisotopic (exact) mass is 203 g/mol. The van der Waals surface area contributed by atoms with E-state index in [2.05, 4.69) is 56.9 Å². The summed E-state index contributed by atoms with van der Waals surface area (Å²) >= 11 is 0. The average molecular weight is 203 g/mol. The third-order valence-corrected chi connectivity index (χ3v) is 2.11. The maximum Gasteiger partial charge on any atom is 0.0286 e. The Bertz CT molecular complexity index is 306. The Hall–Kier alpha value is -1.24. The molecule has 0 fully saturated rings. The average Bonchev–Trinajstić information content (AvgIpc) is 2.14. The summed E-state index contributed by atoms with van der Waals surface area (Å²) in [6.07, 6.45) is 2.06. The number of rotatable bonds is 4. The lowest BCUT2D eigenvalue weighted by molar-refractivity contribution is 0.464. The summed E-state index contributed by atoms with van der Waals surface area (Å²) in [5.74, 6) is 0. The smallest absolute Gasteiger partial charge is 0.0286 e. The molecular weight excluding hydrogens is 182 g/mol. The highest BCUT2D eigenvalue weighted by Gasteiger charge is 2.09. The molecule has 0 aliphatic rings. The van der Waals surface area contributed by atoms with Crippen LogP contribution in [-0.2, 0) is 6.42 Å². The second-order valence-electron chi connectivity index (χ2n) is 4.96. The molecule has 0 spiro atoms. The molecule has 1 aromatic rings. The molecule has 0 amide bonds. The third kappa shape index (κ3) is 5.26. The van der Waals surface area contributed by atoms with E-state index in [1.807, 2.05) is 6.07 Å². The lowest BCUT2D eigenvalue weighted by Crippen LogP contribution is -2.34. The van der Waals surface area contributed by atoms with Crippen LogP contribution in [0.5, 0.6) is 0 Å². The second-order valence-corrected chi connectivity index (χ2v) is 4.96. The fraction of sp³-hybridized carbons (Fsp3) is 0.429. The van der Waals surface area contributed by atoms with E-state index >= 15 is 0 Å². The third-order valence-electron chi connectivity index (χ3n) is 2.11. The molecule has 1 N–H and O–H groups in total. The summed E-state index contributed by atoms with van der Waals surface area (Å²) in [6.45, 7) is 10.5. The second kappa shape index (κ2) is 5.01. The van der Waals surface area contributed by atoms with Crippen molar-refractivity contribution in [3.8, 4) is 0 Å². The molecule has 0 heterocycles. The highest BCUT2D eigenvalue weighted by Crippen LogP contribution is 2.09. The summed E-state index contributed by atoms with van der Waals surface area (Å²) < 4.78 is 0. The first-order valence-corrected chi connectivity index (χ1v) is 5.47. The molecule has 0 unspecified atom stereocenters. The number of aryl methyl sites for hydroxylation is 1. The molecule has 1 aromatic carbocycles. The number of hydrogen-bond donors (Lipinski definition) is 1. The highest BCUT2D eigenvalue weighted by atomic mass is 15.0. The lowest BCUT2D eigenvalue weighted by Gasteiger charge is -2.23. The van der Waals surface area contributed by atoms with Gasteiger partial charge < -0.3 is 5.32 Å². The summed E-state index contributed by atoms with van der Waals surface area (Å²) in [5.41, 5.74) is 2.61. The van der Waals surface area contributed by atoms with Crippen molar-refractivity contribution in [1.82, 2.24) is 5.32 Å². The molecule has 0 saturated carbocycles. The van der Waals surface area contributed by atoms with E-state index in [9.17, 15) is 0 Å². The Morgan fingerprint density at radius 2 is 1.80 bits per heavy atom. The molecule has 1 heteroatoms. The van der Waals surface area contributed by atoms with Gasteiger partial charge in [0.2, 0.25) is 0 Å². The molecule has 15 heavy (non-hydrogen) atoms. The van der Waals surface area contributed by atoms with Gasteiger partial charge in [-0.3, -0.25) is 0 Å². The summed E-state index contributed by atoms with van der Waals surface area (Å²) in [6, 6.07) is 10.5. The number of hydrogen-bond acceptors (Lipinski definition) is 1. The van der Waals surface area contributed by atoms with Crippen molar-refractivity contribution >= 4 is 0 Å². The zero-order valence-electron chi connectivity index (χ0n) is 10.0. The number of nitrogens with one attached hydrogen (secondary N) is 1. The van der Waals surface area contributed by atoms with Gasteiger partial charge in [-0.2, -0.15) is 0 Å². The van der Waals surface area contributed by atoms with Crippen molar-refractivity contribution < 1.29 is 0 Å². The molecule has 82 valence electrons. The van der Waals surface area contributed by atoms with Gasteiger partial charge in [0.05, 0.1) is 0 Å². The van der Waals surface area contributed by atoms with Gasteiger partial charge in [-0.25, -0.2) is 0 Å².